The van der Waals surface area contributed by atoms with Crippen LogP contribution in [0.1, 0.15) is 43.5 Å². The number of carbonyl (C=O) groups excluding carboxylic acids is 2. The van der Waals surface area contributed by atoms with Gasteiger partial charge in [-0.3, -0.25) is 4.79 Å². The molecule has 26 heavy (non-hydrogen) atoms. The fraction of sp³-hybridized carbons (Fsp3) is 0.500. The molecule has 1 heterocycles. The number of aryl methyl sites for hydroxylation is 1. The van der Waals surface area contributed by atoms with E-state index in [4.69, 9.17) is 16.3 Å². The van der Waals surface area contributed by atoms with Crippen molar-refractivity contribution >= 4 is 34.4 Å². The zero-order valence-corrected chi connectivity index (χ0v) is 16.4. The molecule has 0 unspecified atom stereocenters. The number of nitrogens with zero attached hydrogens (tertiary/aromatic N) is 1. The molecular formula is C20H27ClN2O3. The first-order valence-electron chi connectivity index (χ1n) is 9.02. The van der Waals surface area contributed by atoms with Gasteiger partial charge in [-0.1, -0.05) is 38.5 Å². The van der Waals surface area contributed by atoms with Crippen molar-refractivity contribution in [3.8, 4) is 0 Å². The fourth-order valence-electron chi connectivity index (χ4n) is 3.01. The average Bonchev–Trinajstić information content (AvgIpc) is 3.01. The molecule has 1 N–H and O–H groups in total. The van der Waals surface area contributed by atoms with E-state index in [-0.39, 0.29) is 11.8 Å². The Morgan fingerprint density at radius 1 is 1.19 bits per heavy atom. The molecule has 1 amide bonds. The number of fused-ring (bicyclic) bond motifs is 1. The van der Waals surface area contributed by atoms with Crippen molar-refractivity contribution in [3.63, 3.8) is 0 Å². The lowest BCUT2D eigenvalue weighted by molar-refractivity contribution is -0.144. The smallest absolute Gasteiger partial charge is 0.328 e. The standard InChI is InChI=1S/C20H27ClN2O3/c1-14(2)18(20(25)26-3)22-19(24)16-13-23(12-8-4-7-11-21)17-10-6-5-9-15(16)17/h5-6,9-10,13-14,18H,4,7-8,11-12H2,1-3H3,(H,22,24)/t18-/m0/s1. The summed E-state index contributed by atoms with van der Waals surface area (Å²) in [4.78, 5) is 24.8. The highest BCUT2D eigenvalue weighted by molar-refractivity contribution is 6.17. The summed E-state index contributed by atoms with van der Waals surface area (Å²) in [5.74, 6) is -0.0808. The highest BCUT2D eigenvalue weighted by Gasteiger charge is 2.26. The van der Waals surface area contributed by atoms with Crippen molar-refractivity contribution in [1.82, 2.24) is 9.88 Å². The zero-order chi connectivity index (χ0) is 19.1. The van der Waals surface area contributed by atoms with Crippen LogP contribution in [0.15, 0.2) is 30.5 Å². The molecule has 0 radical (unpaired) electrons. The van der Waals surface area contributed by atoms with Crippen LogP contribution < -0.4 is 5.32 Å². The topological polar surface area (TPSA) is 60.3 Å². The van der Waals surface area contributed by atoms with E-state index in [1.807, 2.05) is 44.3 Å². The van der Waals surface area contributed by atoms with E-state index in [0.717, 1.165) is 36.7 Å². The highest BCUT2D eigenvalue weighted by Crippen LogP contribution is 2.22. The molecule has 2 aromatic rings. The first-order chi connectivity index (χ1) is 12.5. The third kappa shape index (κ3) is 4.79. The largest absolute Gasteiger partial charge is 0.467 e. The number of benzene rings is 1. The second-order valence-electron chi connectivity index (χ2n) is 6.72. The molecule has 1 atom stereocenters. The molecule has 0 spiro atoms. The average molecular weight is 379 g/mol. The van der Waals surface area contributed by atoms with Crippen LogP contribution in [0.5, 0.6) is 0 Å². The predicted molar refractivity (Wildman–Crippen MR) is 105 cm³/mol. The number of nitrogens with one attached hydrogen (secondary N) is 1. The Balaban J connectivity index is 2.25. The van der Waals surface area contributed by atoms with Crippen molar-refractivity contribution in [2.24, 2.45) is 5.92 Å². The van der Waals surface area contributed by atoms with Crippen molar-refractivity contribution in [3.05, 3.63) is 36.0 Å². The summed E-state index contributed by atoms with van der Waals surface area (Å²) >= 11 is 5.74. The van der Waals surface area contributed by atoms with E-state index in [9.17, 15) is 9.59 Å². The number of para-hydroxylation sites is 1. The number of ether oxygens (including phenoxy) is 1. The second-order valence-corrected chi connectivity index (χ2v) is 7.10. The minimum Gasteiger partial charge on any atom is -0.467 e. The first-order valence-corrected chi connectivity index (χ1v) is 9.55. The van der Waals surface area contributed by atoms with Crippen LogP contribution in [-0.2, 0) is 16.1 Å². The number of halogens is 1. The van der Waals surface area contributed by atoms with Crippen LogP contribution in [0.4, 0.5) is 0 Å². The Morgan fingerprint density at radius 2 is 1.92 bits per heavy atom. The number of unbranched alkanes of at least 4 members (excludes halogenated alkanes) is 2. The molecule has 0 fully saturated rings. The SMILES string of the molecule is COC(=O)[C@@H](NC(=O)c1cn(CCCCCCl)c2ccccc12)C(C)C. The van der Waals surface area contributed by atoms with E-state index < -0.39 is 12.0 Å². The number of aromatic nitrogens is 1. The fourth-order valence-corrected chi connectivity index (χ4v) is 3.20. The van der Waals surface area contributed by atoms with E-state index in [2.05, 4.69) is 9.88 Å². The molecule has 2 rings (SSSR count). The third-order valence-electron chi connectivity index (χ3n) is 4.47. The summed E-state index contributed by atoms with van der Waals surface area (Å²) in [6.07, 6.45) is 4.91. The molecule has 0 aliphatic heterocycles. The molecule has 6 heteroatoms. The summed E-state index contributed by atoms with van der Waals surface area (Å²) in [5.41, 5.74) is 1.59. The van der Waals surface area contributed by atoms with Crippen LogP contribution >= 0.6 is 11.6 Å². The summed E-state index contributed by atoms with van der Waals surface area (Å²) < 4.78 is 6.91. The van der Waals surface area contributed by atoms with Crippen molar-refractivity contribution < 1.29 is 14.3 Å². The van der Waals surface area contributed by atoms with Crippen LogP contribution in [0.3, 0.4) is 0 Å². The van der Waals surface area contributed by atoms with Crippen LogP contribution in [-0.4, -0.2) is 35.5 Å². The monoisotopic (exact) mass is 378 g/mol. The van der Waals surface area contributed by atoms with E-state index in [0.29, 0.717) is 11.4 Å². The predicted octanol–water partition coefficient (Wildman–Crippen LogP) is 3.98. The Labute approximate surface area is 159 Å². The molecule has 142 valence electrons. The van der Waals surface area contributed by atoms with E-state index in [1.54, 1.807) is 0 Å². The van der Waals surface area contributed by atoms with E-state index in [1.165, 1.54) is 7.11 Å². The van der Waals surface area contributed by atoms with Gasteiger partial charge in [-0.15, -0.1) is 11.6 Å². The van der Waals surface area contributed by atoms with Gasteiger partial charge in [0.15, 0.2) is 0 Å². The Bertz CT molecular complexity index is 755. The maximum absolute atomic E-state index is 12.8. The number of amides is 1. The Morgan fingerprint density at radius 3 is 2.58 bits per heavy atom. The summed E-state index contributed by atoms with van der Waals surface area (Å²) in [6, 6.07) is 7.15. The first kappa shape index (κ1) is 20.3. The van der Waals surface area contributed by atoms with Gasteiger partial charge >= 0.3 is 5.97 Å². The maximum atomic E-state index is 12.8. The molecule has 5 nitrogen and oxygen atoms in total. The van der Waals surface area contributed by atoms with Crippen molar-refractivity contribution in [2.45, 2.75) is 45.7 Å². The summed E-state index contributed by atoms with van der Waals surface area (Å²) in [6.45, 7) is 4.58. The van der Waals surface area contributed by atoms with Crippen molar-refractivity contribution in [1.29, 1.82) is 0 Å². The van der Waals surface area contributed by atoms with Gasteiger partial charge in [0.25, 0.3) is 5.91 Å². The van der Waals surface area contributed by atoms with E-state index >= 15 is 0 Å². The van der Waals surface area contributed by atoms with Gasteiger partial charge in [0.2, 0.25) is 0 Å². The van der Waals surface area contributed by atoms with Gasteiger partial charge in [0.05, 0.1) is 12.7 Å². The quantitative estimate of drug-likeness (QED) is 0.408. The van der Waals surface area contributed by atoms with Gasteiger partial charge < -0.3 is 14.6 Å². The normalized spacial score (nSPS) is 12.3. The number of rotatable bonds is 9. The highest BCUT2D eigenvalue weighted by atomic mass is 35.5. The number of alkyl halides is 1. The van der Waals surface area contributed by atoms with Gasteiger partial charge in [-0.25, -0.2) is 4.79 Å². The minimum atomic E-state index is -0.668. The molecule has 0 aliphatic carbocycles. The van der Waals surface area contributed by atoms with Gasteiger partial charge in [-0.2, -0.15) is 0 Å². The van der Waals surface area contributed by atoms with Gasteiger partial charge in [0.1, 0.15) is 6.04 Å². The minimum absolute atomic E-state index is 0.0599. The summed E-state index contributed by atoms with van der Waals surface area (Å²) in [7, 11) is 1.33. The zero-order valence-electron chi connectivity index (χ0n) is 15.6. The second kappa shape index (κ2) is 9.62. The lowest BCUT2D eigenvalue weighted by atomic mass is 10.0. The number of methoxy groups -OCH3 is 1. The van der Waals surface area contributed by atoms with Crippen LogP contribution in [0.2, 0.25) is 0 Å². The molecule has 0 saturated carbocycles. The number of carbonyl (C=O) groups is 2. The Kier molecular flexibility index (Phi) is 7.51. The van der Waals surface area contributed by atoms with Crippen LogP contribution in [0.25, 0.3) is 10.9 Å². The lowest BCUT2D eigenvalue weighted by Crippen LogP contribution is -2.45. The molecule has 0 bridgehead atoms. The lowest BCUT2D eigenvalue weighted by Gasteiger charge is -2.19. The number of esters is 1. The molecule has 0 aliphatic rings. The molecular weight excluding hydrogens is 352 g/mol. The summed E-state index contributed by atoms with van der Waals surface area (Å²) in [5, 5.41) is 3.71. The van der Waals surface area contributed by atoms with Crippen molar-refractivity contribution in [2.75, 3.05) is 13.0 Å². The molecule has 1 aromatic heterocycles. The third-order valence-corrected chi connectivity index (χ3v) is 4.74. The maximum Gasteiger partial charge on any atom is 0.328 e. The number of hydrogen-bond acceptors (Lipinski definition) is 3. The number of hydrogen-bond donors (Lipinski definition) is 1. The van der Waals surface area contributed by atoms with Crippen LogP contribution in [0, 0.1) is 5.92 Å². The Hall–Kier alpha value is -2.01. The molecule has 1 aromatic carbocycles. The molecule has 0 saturated heterocycles. The van der Waals surface area contributed by atoms with Gasteiger partial charge in [0, 0.05) is 29.5 Å². The van der Waals surface area contributed by atoms with Gasteiger partial charge in [-0.05, 0) is 24.8 Å².